The summed E-state index contributed by atoms with van der Waals surface area (Å²) in [5, 5.41) is 2.12. The van der Waals surface area contributed by atoms with Crippen molar-refractivity contribution in [2.24, 2.45) is 0 Å². The Hall–Kier alpha value is -2.42. The van der Waals surface area contributed by atoms with Gasteiger partial charge in [-0.1, -0.05) is 40.2 Å². The summed E-state index contributed by atoms with van der Waals surface area (Å²) in [7, 11) is 2.77. The van der Waals surface area contributed by atoms with Gasteiger partial charge < -0.3 is 9.64 Å². The highest BCUT2D eigenvalue weighted by molar-refractivity contribution is 9.10. The molecule has 1 fully saturated rings. The summed E-state index contributed by atoms with van der Waals surface area (Å²) in [6, 6.07) is 18.1. The normalized spacial score (nSPS) is 18.2. The number of halogens is 1. The van der Waals surface area contributed by atoms with Crippen LogP contribution in [0.5, 0.6) is 0 Å². The molecule has 0 N–H and O–H groups in total. The number of ether oxygens (including phenoxy) is 1. The summed E-state index contributed by atoms with van der Waals surface area (Å²) in [6.07, 6.45) is 1.18. The van der Waals surface area contributed by atoms with E-state index in [1.54, 1.807) is 4.90 Å². The molecule has 8 heteroatoms. The van der Waals surface area contributed by atoms with Crippen molar-refractivity contribution in [3.63, 3.8) is 0 Å². The summed E-state index contributed by atoms with van der Waals surface area (Å²) in [4.78, 5) is 17.3. The van der Waals surface area contributed by atoms with E-state index >= 15 is 0 Å². The van der Waals surface area contributed by atoms with E-state index in [2.05, 4.69) is 33.0 Å². The molecule has 0 spiro atoms. The number of amides is 1. The summed E-state index contributed by atoms with van der Waals surface area (Å²) < 4.78 is 22.0. The second kappa shape index (κ2) is 9.08. The van der Waals surface area contributed by atoms with Gasteiger partial charge in [-0.3, -0.25) is 4.90 Å². The van der Waals surface area contributed by atoms with Crippen LogP contribution in [0.1, 0.15) is 18.4 Å². The molecular formula is C25H26BrN3O3S. The minimum atomic E-state index is -1.27. The lowest BCUT2D eigenvalue weighted by molar-refractivity contribution is 0.136. The van der Waals surface area contributed by atoms with Gasteiger partial charge in [0, 0.05) is 59.7 Å². The highest BCUT2D eigenvalue weighted by atomic mass is 79.9. The lowest BCUT2D eigenvalue weighted by Crippen LogP contribution is -2.49. The van der Waals surface area contributed by atoms with E-state index in [1.807, 2.05) is 60.9 Å². The van der Waals surface area contributed by atoms with Gasteiger partial charge in [-0.05, 0) is 43.2 Å². The molecule has 0 aliphatic carbocycles. The molecule has 0 saturated carbocycles. The number of hydrogen-bond acceptors (Lipinski definition) is 4. The zero-order chi connectivity index (χ0) is 23.1. The van der Waals surface area contributed by atoms with Crippen molar-refractivity contribution in [2.45, 2.75) is 30.4 Å². The Bertz CT molecular complexity index is 1240. The summed E-state index contributed by atoms with van der Waals surface area (Å²) in [6.45, 7) is 1.59. The molecule has 1 saturated heterocycles. The van der Waals surface area contributed by atoms with Crippen LogP contribution in [0.3, 0.4) is 0 Å². The minimum Gasteiger partial charge on any atom is -0.444 e. The van der Waals surface area contributed by atoms with Crippen LogP contribution in [0.25, 0.3) is 10.8 Å². The number of fused-ring (bicyclic) bond motifs is 2. The van der Waals surface area contributed by atoms with Crippen LogP contribution in [0.4, 0.5) is 16.2 Å². The molecule has 5 rings (SSSR count). The zero-order valence-corrected chi connectivity index (χ0v) is 21.1. The summed E-state index contributed by atoms with van der Waals surface area (Å²) in [5.74, 6) is 0. The number of carbonyl (C=O) groups excluding carboxylic acids is 1. The quantitative estimate of drug-likeness (QED) is 0.461. The highest BCUT2D eigenvalue weighted by Crippen LogP contribution is 2.35. The fraction of sp³-hybridized carbons (Fsp3) is 0.320. The number of hydrogen-bond donors (Lipinski definition) is 0. The topological polar surface area (TPSA) is 53.1 Å². The van der Waals surface area contributed by atoms with Crippen LogP contribution < -0.4 is 9.80 Å². The smallest absolute Gasteiger partial charge is 0.414 e. The number of nitrogens with zero attached hydrogens (tertiary/aromatic N) is 3. The molecule has 1 unspecified atom stereocenters. The molecule has 2 aliphatic rings. The van der Waals surface area contributed by atoms with Crippen molar-refractivity contribution in [3.8, 4) is 0 Å². The van der Waals surface area contributed by atoms with Gasteiger partial charge in [-0.15, -0.1) is 0 Å². The molecule has 33 heavy (non-hydrogen) atoms. The fourth-order valence-corrected chi connectivity index (χ4v) is 6.56. The third-order valence-electron chi connectivity index (χ3n) is 6.40. The molecule has 3 aromatic carbocycles. The molecule has 172 valence electrons. The average molecular weight is 528 g/mol. The van der Waals surface area contributed by atoms with Crippen LogP contribution in [-0.4, -0.2) is 47.8 Å². The van der Waals surface area contributed by atoms with E-state index < -0.39 is 11.0 Å². The van der Waals surface area contributed by atoms with Crippen molar-refractivity contribution < 1.29 is 13.7 Å². The van der Waals surface area contributed by atoms with Crippen molar-refractivity contribution in [1.82, 2.24) is 4.31 Å². The van der Waals surface area contributed by atoms with E-state index in [0.717, 1.165) is 49.9 Å². The molecule has 2 aliphatic heterocycles. The second-order valence-electron chi connectivity index (χ2n) is 8.63. The number of anilines is 2. The summed E-state index contributed by atoms with van der Waals surface area (Å²) in [5.41, 5.74) is 3.03. The minimum absolute atomic E-state index is 0.0267. The monoisotopic (exact) mass is 527 g/mol. The molecule has 1 atom stereocenters. The maximum atomic E-state index is 13.6. The fourth-order valence-electron chi connectivity index (χ4n) is 4.77. The first kappa shape index (κ1) is 22.4. The van der Waals surface area contributed by atoms with Crippen LogP contribution in [0.2, 0.25) is 0 Å². The van der Waals surface area contributed by atoms with Gasteiger partial charge in [0.15, 0.2) is 0 Å². The maximum Gasteiger partial charge on any atom is 0.414 e. The Morgan fingerprint density at radius 1 is 1.03 bits per heavy atom. The Balaban J connectivity index is 1.36. The van der Waals surface area contributed by atoms with Gasteiger partial charge in [0.1, 0.15) is 17.6 Å². The van der Waals surface area contributed by atoms with Crippen LogP contribution in [0, 0.1) is 0 Å². The van der Waals surface area contributed by atoms with Gasteiger partial charge >= 0.3 is 6.09 Å². The van der Waals surface area contributed by atoms with Gasteiger partial charge in [-0.25, -0.2) is 13.3 Å². The maximum absolute atomic E-state index is 13.6. The molecule has 0 bridgehead atoms. The van der Waals surface area contributed by atoms with E-state index in [4.69, 9.17) is 4.74 Å². The Kier molecular flexibility index (Phi) is 6.16. The van der Waals surface area contributed by atoms with Gasteiger partial charge in [0.2, 0.25) is 0 Å². The second-order valence-corrected chi connectivity index (χ2v) is 11.0. The van der Waals surface area contributed by atoms with E-state index in [9.17, 15) is 9.00 Å². The van der Waals surface area contributed by atoms with Crippen LogP contribution in [0.15, 0.2) is 64.0 Å². The standard InChI is InChI=1S/C25H26BrN3O3S/c1-27(2)23-7-3-6-21-20(23)5-4-8-24(21)33(31)28-13-11-19(12-14-28)29-22-10-9-18(26)15-17(22)16-32-25(29)30/h3-10,15,19H,11-14,16H2,1-2H3. The van der Waals surface area contributed by atoms with Gasteiger partial charge in [0.25, 0.3) is 0 Å². The number of cyclic esters (lactones) is 1. The third-order valence-corrected chi connectivity index (χ3v) is 8.46. The van der Waals surface area contributed by atoms with Crippen LogP contribution in [-0.2, 0) is 22.3 Å². The lowest BCUT2D eigenvalue weighted by atomic mass is 10.0. The van der Waals surface area contributed by atoms with Gasteiger partial charge in [0.05, 0.1) is 10.6 Å². The molecule has 0 radical (unpaired) electrons. The van der Waals surface area contributed by atoms with Crippen molar-refractivity contribution >= 4 is 55.2 Å². The van der Waals surface area contributed by atoms with Gasteiger partial charge in [-0.2, -0.15) is 0 Å². The number of carbonyl (C=O) groups is 1. The SMILES string of the molecule is CN(C)c1cccc2c(S(=O)N3CCC(N4C(=O)OCc5cc(Br)ccc54)CC3)cccc12. The summed E-state index contributed by atoms with van der Waals surface area (Å²) >= 11 is 3.49. The predicted octanol–water partition coefficient (Wildman–Crippen LogP) is 5.31. The Labute approximate surface area is 204 Å². The predicted molar refractivity (Wildman–Crippen MR) is 136 cm³/mol. The number of benzene rings is 3. The van der Waals surface area contributed by atoms with Crippen molar-refractivity contribution in [3.05, 3.63) is 64.6 Å². The number of rotatable bonds is 4. The van der Waals surface area contributed by atoms with E-state index in [0.29, 0.717) is 19.7 Å². The Morgan fingerprint density at radius 3 is 2.52 bits per heavy atom. The first-order valence-corrected chi connectivity index (χ1v) is 12.9. The third kappa shape index (κ3) is 4.16. The number of piperidine rings is 1. The largest absolute Gasteiger partial charge is 0.444 e. The first-order valence-electron chi connectivity index (χ1n) is 11.0. The zero-order valence-electron chi connectivity index (χ0n) is 18.7. The highest BCUT2D eigenvalue weighted by Gasteiger charge is 2.35. The molecule has 6 nitrogen and oxygen atoms in total. The lowest BCUT2D eigenvalue weighted by Gasteiger charge is -2.39. The molecule has 2 heterocycles. The first-order chi connectivity index (χ1) is 15.9. The Morgan fingerprint density at radius 2 is 1.76 bits per heavy atom. The molecular weight excluding hydrogens is 502 g/mol. The molecule has 3 aromatic rings. The van der Waals surface area contributed by atoms with Crippen molar-refractivity contribution in [2.75, 3.05) is 37.0 Å². The van der Waals surface area contributed by atoms with E-state index in [-0.39, 0.29) is 12.1 Å². The average Bonchev–Trinajstić information content (AvgIpc) is 2.83. The molecule has 0 aromatic heterocycles. The van der Waals surface area contributed by atoms with Crippen LogP contribution >= 0.6 is 15.9 Å². The van der Waals surface area contributed by atoms with E-state index in [1.165, 1.54) is 0 Å². The molecule has 1 amide bonds. The van der Waals surface area contributed by atoms with Crippen molar-refractivity contribution in [1.29, 1.82) is 0 Å².